The zero-order valence-electron chi connectivity index (χ0n) is 17.2. The van der Waals surface area contributed by atoms with Gasteiger partial charge < -0.3 is 15.5 Å². The van der Waals surface area contributed by atoms with E-state index in [2.05, 4.69) is 51.8 Å². The zero-order valence-corrected chi connectivity index (χ0v) is 17.2. The van der Waals surface area contributed by atoms with E-state index in [0.29, 0.717) is 12.5 Å². The summed E-state index contributed by atoms with van der Waals surface area (Å²) in [6, 6.07) is 20.0. The molecular weight excluding hydrogens is 374 g/mol. The minimum Gasteiger partial charge on any atom is -0.354 e. The van der Waals surface area contributed by atoms with Gasteiger partial charge in [-0.2, -0.15) is 4.98 Å². The molecule has 3 aromatic rings. The molecule has 1 fully saturated rings. The summed E-state index contributed by atoms with van der Waals surface area (Å²) in [5, 5.41) is 6.39. The van der Waals surface area contributed by atoms with Crippen molar-refractivity contribution in [2.75, 3.05) is 23.3 Å². The fourth-order valence-corrected chi connectivity index (χ4v) is 3.71. The Morgan fingerprint density at radius 1 is 1.10 bits per heavy atom. The van der Waals surface area contributed by atoms with Crippen LogP contribution in [0.15, 0.2) is 66.9 Å². The molecule has 2 aromatic carbocycles. The van der Waals surface area contributed by atoms with E-state index in [9.17, 15) is 4.79 Å². The van der Waals surface area contributed by atoms with Crippen molar-refractivity contribution in [1.29, 1.82) is 0 Å². The number of carbonyl (C=O) groups is 1. The van der Waals surface area contributed by atoms with Crippen LogP contribution in [0.25, 0.3) is 0 Å². The Bertz CT molecular complexity index is 974. The molecule has 6 nitrogen and oxygen atoms in total. The molecule has 2 N–H and O–H groups in total. The van der Waals surface area contributed by atoms with E-state index in [1.165, 1.54) is 11.1 Å². The highest BCUT2D eigenvalue weighted by Gasteiger charge is 2.32. The van der Waals surface area contributed by atoms with E-state index in [4.69, 9.17) is 0 Å². The van der Waals surface area contributed by atoms with E-state index in [1.54, 1.807) is 6.20 Å². The maximum absolute atomic E-state index is 12.8. The van der Waals surface area contributed by atoms with Crippen LogP contribution in [-0.2, 0) is 11.2 Å². The van der Waals surface area contributed by atoms with Crippen molar-refractivity contribution >= 4 is 23.4 Å². The molecule has 4 rings (SSSR count). The van der Waals surface area contributed by atoms with Crippen molar-refractivity contribution in [3.8, 4) is 0 Å². The SMILES string of the molecule is Cc1ccc(Nc2ccnc(N3CCCC3C(=O)NCCc3ccccc3)n2)cc1. The van der Waals surface area contributed by atoms with Crippen LogP contribution in [0.5, 0.6) is 0 Å². The summed E-state index contributed by atoms with van der Waals surface area (Å²) in [6.07, 6.45) is 4.33. The van der Waals surface area contributed by atoms with Crippen LogP contribution in [0.3, 0.4) is 0 Å². The lowest BCUT2D eigenvalue weighted by Crippen LogP contribution is -2.44. The van der Waals surface area contributed by atoms with Gasteiger partial charge in [-0.1, -0.05) is 48.0 Å². The van der Waals surface area contributed by atoms with Gasteiger partial charge in [0.2, 0.25) is 11.9 Å². The van der Waals surface area contributed by atoms with E-state index >= 15 is 0 Å². The number of aromatic nitrogens is 2. The van der Waals surface area contributed by atoms with Gasteiger partial charge in [-0.05, 0) is 49.9 Å². The number of benzene rings is 2. The topological polar surface area (TPSA) is 70.2 Å². The van der Waals surface area contributed by atoms with Gasteiger partial charge in [0.25, 0.3) is 0 Å². The van der Waals surface area contributed by atoms with Crippen LogP contribution >= 0.6 is 0 Å². The lowest BCUT2D eigenvalue weighted by molar-refractivity contribution is -0.122. The highest BCUT2D eigenvalue weighted by Crippen LogP contribution is 2.24. The van der Waals surface area contributed by atoms with Crippen LogP contribution in [0.1, 0.15) is 24.0 Å². The molecule has 0 saturated carbocycles. The molecule has 1 atom stereocenters. The fourth-order valence-electron chi connectivity index (χ4n) is 3.71. The lowest BCUT2D eigenvalue weighted by Gasteiger charge is -2.24. The van der Waals surface area contributed by atoms with Gasteiger partial charge in [-0.25, -0.2) is 4.98 Å². The summed E-state index contributed by atoms with van der Waals surface area (Å²) in [6.45, 7) is 3.47. The molecule has 1 amide bonds. The summed E-state index contributed by atoms with van der Waals surface area (Å²) in [7, 11) is 0. The predicted molar refractivity (Wildman–Crippen MR) is 120 cm³/mol. The van der Waals surface area contributed by atoms with E-state index in [1.807, 2.05) is 41.3 Å². The van der Waals surface area contributed by atoms with Crippen LogP contribution < -0.4 is 15.5 Å². The third kappa shape index (κ3) is 4.95. The molecule has 1 saturated heterocycles. The average molecular weight is 402 g/mol. The number of hydrogen-bond acceptors (Lipinski definition) is 5. The maximum atomic E-state index is 12.8. The number of anilines is 3. The molecule has 0 aliphatic carbocycles. The molecule has 30 heavy (non-hydrogen) atoms. The molecule has 1 aliphatic rings. The Labute approximate surface area is 177 Å². The Hall–Kier alpha value is -3.41. The molecule has 0 spiro atoms. The first-order valence-corrected chi connectivity index (χ1v) is 10.4. The van der Waals surface area contributed by atoms with Gasteiger partial charge in [0.1, 0.15) is 11.9 Å². The zero-order chi connectivity index (χ0) is 20.8. The van der Waals surface area contributed by atoms with E-state index in [0.717, 1.165) is 37.3 Å². The lowest BCUT2D eigenvalue weighted by atomic mass is 10.1. The van der Waals surface area contributed by atoms with Gasteiger partial charge in [0, 0.05) is 25.0 Å². The first-order valence-electron chi connectivity index (χ1n) is 10.4. The number of nitrogens with one attached hydrogen (secondary N) is 2. The minimum atomic E-state index is -0.226. The molecule has 2 heterocycles. The van der Waals surface area contributed by atoms with Crippen molar-refractivity contribution in [2.45, 2.75) is 32.2 Å². The first-order chi connectivity index (χ1) is 14.7. The number of carbonyl (C=O) groups excluding carboxylic acids is 1. The Balaban J connectivity index is 1.38. The monoisotopic (exact) mass is 401 g/mol. The van der Waals surface area contributed by atoms with Crippen molar-refractivity contribution < 1.29 is 4.79 Å². The van der Waals surface area contributed by atoms with Crippen molar-refractivity contribution in [3.05, 3.63) is 78.0 Å². The minimum absolute atomic E-state index is 0.0453. The second kappa shape index (κ2) is 9.39. The predicted octanol–water partition coefficient (Wildman–Crippen LogP) is 3.86. The average Bonchev–Trinajstić information content (AvgIpc) is 3.26. The molecule has 0 bridgehead atoms. The van der Waals surface area contributed by atoms with Gasteiger partial charge >= 0.3 is 0 Å². The van der Waals surface area contributed by atoms with E-state index < -0.39 is 0 Å². The van der Waals surface area contributed by atoms with Crippen LogP contribution in [-0.4, -0.2) is 35.0 Å². The molecule has 154 valence electrons. The summed E-state index contributed by atoms with van der Waals surface area (Å²) in [5.74, 6) is 1.36. The summed E-state index contributed by atoms with van der Waals surface area (Å²) >= 11 is 0. The standard InChI is InChI=1S/C24H27N5O/c1-18-9-11-20(12-10-18)27-22-14-16-26-24(28-22)29-17-5-8-21(29)23(30)25-15-13-19-6-3-2-4-7-19/h2-4,6-7,9-12,14,16,21H,5,8,13,15,17H2,1H3,(H,25,30)(H,26,27,28). The Morgan fingerprint density at radius 2 is 1.90 bits per heavy atom. The molecule has 1 unspecified atom stereocenters. The quantitative estimate of drug-likeness (QED) is 0.629. The second-order valence-electron chi connectivity index (χ2n) is 7.61. The van der Waals surface area contributed by atoms with Gasteiger partial charge in [-0.15, -0.1) is 0 Å². The third-order valence-electron chi connectivity index (χ3n) is 5.33. The highest BCUT2D eigenvalue weighted by molar-refractivity contribution is 5.85. The Morgan fingerprint density at radius 3 is 2.70 bits per heavy atom. The molecule has 6 heteroatoms. The summed E-state index contributed by atoms with van der Waals surface area (Å²) < 4.78 is 0. The second-order valence-corrected chi connectivity index (χ2v) is 7.61. The smallest absolute Gasteiger partial charge is 0.242 e. The largest absolute Gasteiger partial charge is 0.354 e. The number of amides is 1. The normalized spacial score (nSPS) is 15.8. The molecule has 1 aliphatic heterocycles. The van der Waals surface area contributed by atoms with Crippen molar-refractivity contribution in [1.82, 2.24) is 15.3 Å². The molecule has 1 aromatic heterocycles. The Kier molecular flexibility index (Phi) is 6.23. The van der Waals surface area contributed by atoms with Gasteiger partial charge in [0.05, 0.1) is 0 Å². The first kappa shape index (κ1) is 19.9. The molecular formula is C24H27N5O. The maximum Gasteiger partial charge on any atom is 0.242 e. The van der Waals surface area contributed by atoms with Crippen molar-refractivity contribution in [2.24, 2.45) is 0 Å². The third-order valence-corrected chi connectivity index (χ3v) is 5.33. The van der Waals surface area contributed by atoms with Gasteiger partial charge in [0.15, 0.2) is 0 Å². The fraction of sp³-hybridized carbons (Fsp3) is 0.292. The van der Waals surface area contributed by atoms with Crippen molar-refractivity contribution in [3.63, 3.8) is 0 Å². The van der Waals surface area contributed by atoms with Crippen LogP contribution in [0.4, 0.5) is 17.5 Å². The summed E-state index contributed by atoms with van der Waals surface area (Å²) in [4.78, 5) is 23.9. The van der Waals surface area contributed by atoms with Crippen LogP contribution in [0.2, 0.25) is 0 Å². The number of hydrogen-bond donors (Lipinski definition) is 2. The van der Waals surface area contributed by atoms with Gasteiger partial charge in [-0.3, -0.25) is 4.79 Å². The highest BCUT2D eigenvalue weighted by atomic mass is 16.2. The number of aryl methyl sites for hydroxylation is 1. The molecule has 0 radical (unpaired) electrons. The van der Waals surface area contributed by atoms with Crippen LogP contribution in [0, 0.1) is 6.92 Å². The van der Waals surface area contributed by atoms with E-state index in [-0.39, 0.29) is 11.9 Å². The number of rotatable bonds is 7. The summed E-state index contributed by atoms with van der Waals surface area (Å²) in [5.41, 5.74) is 3.41. The number of nitrogens with zero attached hydrogens (tertiary/aromatic N) is 3.